The number of nitrogens with two attached hydrogens (primary N) is 2. The fourth-order valence-corrected chi connectivity index (χ4v) is 2.92. The molecule has 0 bridgehead atoms. The topological polar surface area (TPSA) is 139 Å². The Kier molecular flexibility index (Phi) is 5.50. The van der Waals surface area contributed by atoms with Crippen LogP contribution < -0.4 is 11.5 Å². The minimum absolute atomic E-state index is 0.0744. The number of aliphatic carboxylic acids is 1. The second-order valence-electron chi connectivity index (χ2n) is 5.23. The Morgan fingerprint density at radius 1 is 1.30 bits per heavy atom. The average molecular weight is 285 g/mol. The Hall–Kier alpha value is -1.63. The van der Waals surface area contributed by atoms with Gasteiger partial charge in [0, 0.05) is 5.92 Å². The molecule has 0 aliphatic heterocycles. The number of carbonyl (C=O) groups is 2. The molecular weight excluding hydrogens is 262 g/mol. The number of hydrogen-bond acceptors (Lipinski definition) is 4. The van der Waals surface area contributed by atoms with Gasteiger partial charge in [-0.05, 0) is 19.3 Å². The fraction of sp³-hybridized carbons (Fsp3) is 0.769. The number of hydrogen-bond donors (Lipinski definition) is 4. The van der Waals surface area contributed by atoms with Gasteiger partial charge in [0.25, 0.3) is 0 Å². The van der Waals surface area contributed by atoms with Crippen LogP contribution in [0.15, 0.2) is 4.99 Å². The van der Waals surface area contributed by atoms with E-state index >= 15 is 0 Å². The molecule has 0 amide bonds. The molecule has 0 aromatic rings. The van der Waals surface area contributed by atoms with Gasteiger partial charge < -0.3 is 21.7 Å². The fourth-order valence-electron chi connectivity index (χ4n) is 2.92. The minimum Gasteiger partial charge on any atom is -0.481 e. The van der Waals surface area contributed by atoms with Gasteiger partial charge in [0.1, 0.15) is 5.78 Å². The normalized spacial score (nSPS) is 29.4. The van der Waals surface area contributed by atoms with Gasteiger partial charge in [-0.15, -0.1) is 0 Å². The first-order chi connectivity index (χ1) is 9.33. The highest BCUT2D eigenvalue weighted by Gasteiger charge is 2.50. The van der Waals surface area contributed by atoms with Crippen molar-refractivity contribution in [2.24, 2.45) is 34.2 Å². The number of Topliss-reactive ketones (excluding diaryl/α,β-unsaturated/α-hetero) is 1. The maximum absolute atomic E-state index is 12.5. The molecule has 0 spiro atoms. The lowest BCUT2D eigenvalue weighted by Gasteiger charge is -2.23. The van der Waals surface area contributed by atoms with Crippen molar-refractivity contribution in [3.8, 4) is 0 Å². The van der Waals surface area contributed by atoms with Crippen LogP contribution in [-0.2, 0) is 9.59 Å². The first-order valence-corrected chi connectivity index (χ1v) is 6.86. The molecule has 4 atom stereocenters. The molecule has 0 radical (unpaired) electrons. The van der Waals surface area contributed by atoms with Gasteiger partial charge in [-0.2, -0.15) is 0 Å². The highest BCUT2D eigenvalue weighted by atomic mass is 16.4. The quantitative estimate of drug-likeness (QED) is 0.391. The molecule has 1 rings (SSSR count). The molecule has 0 aromatic heterocycles. The molecule has 1 aliphatic rings. The molecule has 0 unspecified atom stereocenters. The lowest BCUT2D eigenvalue weighted by atomic mass is 9.84. The molecule has 114 valence electrons. The molecule has 20 heavy (non-hydrogen) atoms. The van der Waals surface area contributed by atoms with E-state index in [1.807, 2.05) is 13.8 Å². The zero-order valence-electron chi connectivity index (χ0n) is 11.8. The number of carboxylic acid groups (broad SMARTS) is 1. The van der Waals surface area contributed by atoms with Crippen molar-refractivity contribution in [1.82, 2.24) is 0 Å². The largest absolute Gasteiger partial charge is 0.481 e. The highest BCUT2D eigenvalue weighted by Crippen LogP contribution is 2.37. The molecule has 7 nitrogen and oxygen atoms in total. The third-order valence-corrected chi connectivity index (χ3v) is 4.04. The summed E-state index contributed by atoms with van der Waals surface area (Å²) in [6.45, 7) is 3.77. The Balaban J connectivity index is 3.06. The van der Waals surface area contributed by atoms with Crippen LogP contribution in [0.4, 0.5) is 0 Å². The molecule has 1 aliphatic carbocycles. The van der Waals surface area contributed by atoms with Crippen LogP contribution in [-0.4, -0.2) is 40.1 Å². The molecule has 6 N–H and O–H groups in total. The summed E-state index contributed by atoms with van der Waals surface area (Å²) >= 11 is 0. The van der Waals surface area contributed by atoms with Gasteiger partial charge in [0.15, 0.2) is 5.96 Å². The minimum atomic E-state index is -1.24. The molecule has 7 heteroatoms. The van der Waals surface area contributed by atoms with Crippen LogP contribution in [0.1, 0.15) is 33.1 Å². The number of nitrogens with zero attached hydrogens (tertiary/aromatic N) is 1. The third kappa shape index (κ3) is 3.27. The van der Waals surface area contributed by atoms with Crippen LogP contribution in [0.25, 0.3) is 0 Å². The second kappa shape index (κ2) is 6.69. The first-order valence-electron chi connectivity index (χ1n) is 6.86. The zero-order valence-corrected chi connectivity index (χ0v) is 11.8. The monoisotopic (exact) mass is 285 g/mol. The molecule has 1 fully saturated rings. The van der Waals surface area contributed by atoms with E-state index in [9.17, 15) is 14.7 Å². The van der Waals surface area contributed by atoms with Crippen molar-refractivity contribution in [3.63, 3.8) is 0 Å². The van der Waals surface area contributed by atoms with E-state index in [2.05, 4.69) is 4.99 Å². The van der Waals surface area contributed by atoms with Gasteiger partial charge in [0.05, 0.1) is 24.0 Å². The van der Waals surface area contributed by atoms with Gasteiger partial charge >= 0.3 is 5.97 Å². The van der Waals surface area contributed by atoms with Gasteiger partial charge in [-0.3, -0.25) is 9.59 Å². The van der Waals surface area contributed by atoms with Crippen molar-refractivity contribution in [2.75, 3.05) is 0 Å². The second-order valence-corrected chi connectivity index (χ2v) is 5.23. The number of ketones is 1. The number of carboxylic acids is 1. The first kappa shape index (κ1) is 16.4. The molecular formula is C13H23N3O4. The Labute approximate surface area is 118 Å². The van der Waals surface area contributed by atoms with Crippen molar-refractivity contribution in [1.29, 1.82) is 0 Å². The number of aliphatic hydroxyl groups excluding tert-OH is 1. The van der Waals surface area contributed by atoms with Crippen molar-refractivity contribution in [2.45, 2.75) is 45.3 Å². The summed E-state index contributed by atoms with van der Waals surface area (Å²) in [5.74, 6) is -3.54. The van der Waals surface area contributed by atoms with E-state index in [1.54, 1.807) is 0 Å². The van der Waals surface area contributed by atoms with Crippen LogP contribution in [0.2, 0.25) is 0 Å². The predicted octanol–water partition coefficient (Wildman–Crippen LogP) is -0.285. The van der Waals surface area contributed by atoms with E-state index in [4.69, 9.17) is 16.6 Å². The van der Waals surface area contributed by atoms with Crippen LogP contribution in [0.3, 0.4) is 0 Å². The van der Waals surface area contributed by atoms with Crippen LogP contribution in [0.5, 0.6) is 0 Å². The Bertz CT molecular complexity index is 402. The van der Waals surface area contributed by atoms with E-state index < -0.39 is 30.0 Å². The maximum Gasteiger partial charge on any atom is 0.309 e. The highest BCUT2D eigenvalue weighted by molar-refractivity contribution is 5.87. The number of carbonyl (C=O) groups excluding carboxylic acids is 1. The van der Waals surface area contributed by atoms with Crippen molar-refractivity contribution >= 4 is 17.7 Å². The summed E-state index contributed by atoms with van der Waals surface area (Å²) in [5.41, 5.74) is 10.7. The lowest BCUT2D eigenvalue weighted by Crippen LogP contribution is -2.38. The molecule has 0 aromatic carbocycles. The summed E-state index contributed by atoms with van der Waals surface area (Å²) in [6, 6.07) is -0.663. The third-order valence-electron chi connectivity index (χ3n) is 4.04. The number of guanidine groups is 1. The zero-order chi connectivity index (χ0) is 15.4. The summed E-state index contributed by atoms with van der Waals surface area (Å²) in [6.07, 6.45) is 0.120. The standard InChI is InChI=1S/C13H23N3O4/c1-3-6(4-2)10(17)9-8(16-13(14)15)5-7(11(9)18)12(19)20/h6-9,11,18H,3-5H2,1-2H3,(H,19,20)(H4,14,15,16)/t7-,8+,9+,11+/m0/s1. The summed E-state index contributed by atoms with van der Waals surface area (Å²) < 4.78 is 0. The van der Waals surface area contributed by atoms with Crippen molar-refractivity contribution < 1.29 is 19.8 Å². The van der Waals surface area contributed by atoms with Crippen molar-refractivity contribution in [3.05, 3.63) is 0 Å². The van der Waals surface area contributed by atoms with Gasteiger partial charge in [-0.1, -0.05) is 13.8 Å². The number of rotatable bonds is 6. The Morgan fingerprint density at radius 2 is 1.85 bits per heavy atom. The number of aliphatic imine (C=N–C) groups is 1. The molecule has 0 heterocycles. The van der Waals surface area contributed by atoms with Crippen LogP contribution in [0, 0.1) is 17.8 Å². The molecule has 1 saturated carbocycles. The predicted molar refractivity (Wildman–Crippen MR) is 73.9 cm³/mol. The van der Waals surface area contributed by atoms with E-state index in [0.29, 0.717) is 12.8 Å². The summed E-state index contributed by atoms with van der Waals surface area (Å²) in [5, 5.41) is 19.3. The average Bonchev–Trinajstić information content (AvgIpc) is 2.66. The van der Waals surface area contributed by atoms with E-state index in [0.717, 1.165) is 0 Å². The van der Waals surface area contributed by atoms with Gasteiger partial charge in [-0.25, -0.2) is 4.99 Å². The smallest absolute Gasteiger partial charge is 0.309 e. The van der Waals surface area contributed by atoms with Gasteiger partial charge in [0.2, 0.25) is 0 Å². The maximum atomic E-state index is 12.5. The Morgan fingerprint density at radius 3 is 2.25 bits per heavy atom. The van der Waals surface area contributed by atoms with Crippen LogP contribution >= 0.6 is 0 Å². The summed E-state index contributed by atoms with van der Waals surface area (Å²) in [7, 11) is 0. The summed E-state index contributed by atoms with van der Waals surface area (Å²) in [4.78, 5) is 27.6. The number of aliphatic hydroxyl groups is 1. The molecule has 0 saturated heterocycles. The SMILES string of the molecule is CCC(CC)C(=O)[C@@H]1[C@H](O)[C@@H](C(=O)O)C[C@H]1N=C(N)N. The lowest BCUT2D eigenvalue weighted by molar-refractivity contribution is -0.145. The van der Waals surface area contributed by atoms with E-state index in [1.165, 1.54) is 0 Å². The van der Waals surface area contributed by atoms with E-state index in [-0.39, 0.29) is 24.1 Å².